The van der Waals surface area contributed by atoms with Gasteiger partial charge >= 0.3 is 30.5 Å². The van der Waals surface area contributed by atoms with Gasteiger partial charge in [-0.1, -0.05) is 65.7 Å². The number of nitrogens with one attached hydrogen (secondary N) is 4. The molecule has 14 aliphatic rings. The molecule has 7 fully saturated rings. The first-order chi connectivity index (χ1) is 68.1. The Kier molecular flexibility index (Phi) is 42.8. The van der Waals surface area contributed by atoms with Crippen molar-refractivity contribution < 1.29 is 88.8 Å². The summed E-state index contributed by atoms with van der Waals surface area (Å²) in [7, 11) is 3.13. The summed E-state index contributed by atoms with van der Waals surface area (Å²) in [5.41, 5.74) is 15.4. The molecule has 0 aliphatic carbocycles. The Morgan fingerprint density at radius 2 is 0.697 bits per heavy atom. The second kappa shape index (κ2) is 54.6. The SMILES string of the molecule is C.C.C.C.CN(C)C(=O)Oc1cc(F)ccc1/C=C1\SC(N2CCCCN2)=NC1=S.O=C(Oc1cc(F)ccc1/C=C1\SC(N2CCCCN2)=NC1=S)N1CCCCC1.O=C1N=C(N2CCCC=N2)S/C1=C/c1ccc(F)cc1OC(=O)N1CCCC1.O=C1N=C(N2CCCCN2)S/C1=C/c1ccc(F)cc1OC(=O)N1CCC=C1Cl.O=C1N=C(N2CCCCN2)S/C1=C/c1ccc(F)cc1OC(=O)N1CCCC1=O. The van der Waals surface area contributed by atoms with Gasteiger partial charge in [0.05, 0.1) is 24.5 Å². The van der Waals surface area contributed by atoms with Crippen LogP contribution in [0.1, 0.15) is 173 Å². The number of aliphatic imine (C=N–C) groups is 5. The van der Waals surface area contributed by atoms with E-state index < -0.39 is 65.5 Å². The van der Waals surface area contributed by atoms with Gasteiger partial charge in [-0.2, -0.15) is 20.1 Å². The summed E-state index contributed by atoms with van der Waals surface area (Å²) in [6.07, 6.45) is 25.5. The number of piperidine rings is 1. The molecule has 145 heavy (non-hydrogen) atoms. The van der Waals surface area contributed by atoms with Gasteiger partial charge in [0, 0.05) is 183 Å². The molecule has 0 saturated carbocycles. The van der Waals surface area contributed by atoms with Gasteiger partial charge in [-0.3, -0.25) is 44.1 Å². The van der Waals surface area contributed by atoms with Crippen molar-refractivity contribution in [1.82, 2.24) is 71.2 Å². The molecule has 0 unspecified atom stereocenters. The van der Waals surface area contributed by atoms with Crippen LogP contribution in [0, 0.1) is 29.1 Å². The van der Waals surface area contributed by atoms with Crippen molar-refractivity contribution in [1.29, 1.82) is 0 Å². The molecule has 0 aromatic heterocycles. The number of hydrogen-bond acceptors (Lipinski definition) is 31. The van der Waals surface area contributed by atoms with E-state index in [-0.39, 0.29) is 94.3 Å². The van der Waals surface area contributed by atoms with E-state index in [4.69, 9.17) is 59.7 Å². The van der Waals surface area contributed by atoms with E-state index in [1.54, 1.807) is 71.6 Å². The zero-order valence-electron chi connectivity index (χ0n) is 76.5. The van der Waals surface area contributed by atoms with E-state index >= 15 is 0 Å². The fraction of sp³-hybridized carbons (Fsp3) is 0.398. The number of amidine groups is 5. The smallest absolute Gasteiger partial charge is 0.409 e. The van der Waals surface area contributed by atoms with Gasteiger partial charge in [-0.15, -0.1) is 0 Å². The third kappa shape index (κ3) is 31.2. The second-order valence-electron chi connectivity index (χ2n) is 33.2. The quantitative estimate of drug-likeness (QED) is 0.0437. The summed E-state index contributed by atoms with van der Waals surface area (Å²) < 4.78 is 95.5. The number of hydrazone groups is 1. The minimum atomic E-state index is -0.849. The molecule has 5 aromatic carbocycles. The minimum absolute atomic E-state index is 0. The van der Waals surface area contributed by atoms with Crippen LogP contribution in [-0.2, 0) is 19.2 Å². The predicted octanol–water partition coefficient (Wildman–Crippen LogP) is 19.7. The minimum Gasteiger partial charge on any atom is -0.409 e. The Labute approximate surface area is 875 Å². The fourth-order valence-electron chi connectivity index (χ4n) is 15.3. The third-order valence-corrected chi connectivity index (χ3v) is 28.9. The van der Waals surface area contributed by atoms with Crippen molar-refractivity contribution in [2.45, 2.75) is 145 Å². The molecule has 0 atom stereocenters. The first-order valence-electron chi connectivity index (χ1n) is 45.8. The predicted molar refractivity (Wildman–Crippen MR) is 571 cm³/mol. The van der Waals surface area contributed by atoms with Gasteiger partial charge in [0.25, 0.3) is 17.7 Å². The summed E-state index contributed by atoms with van der Waals surface area (Å²) in [5, 5.41) is 17.2. The average molecular weight is 2150 g/mol. The van der Waals surface area contributed by atoms with Crippen LogP contribution in [0.4, 0.5) is 45.9 Å². The van der Waals surface area contributed by atoms with E-state index in [0.29, 0.717) is 120 Å². The molecular weight excluding hydrogens is 2040 g/mol. The highest BCUT2D eigenvalue weighted by molar-refractivity contribution is 8.20. The number of carbonyl (C=O) groups is 9. The summed E-state index contributed by atoms with van der Waals surface area (Å²) in [5.74, 6) is -3.73. The van der Waals surface area contributed by atoms with Gasteiger partial charge < -0.3 is 38.4 Å². The highest BCUT2D eigenvalue weighted by Crippen LogP contribution is 2.41. The number of rotatable bonds is 10. The average Bonchev–Trinajstić information content (AvgIpc) is 1.60. The summed E-state index contributed by atoms with van der Waals surface area (Å²) in [6, 6.07) is 19.6. The molecule has 47 heteroatoms. The van der Waals surface area contributed by atoms with Gasteiger partial charge in [0.2, 0.25) is 5.91 Å². The van der Waals surface area contributed by atoms with E-state index in [1.807, 2.05) is 26.1 Å². The standard InChI is InChI=1S/C20H23FN4O2S2.C19H18ClFN4O3S.C19H19FN4O4S.C19H19FN4O3S.C17H19FN4O2S2.4CH4/c21-15-7-6-14(16(13-15)27-20(26)24-9-3-1-4-10-24)12-17-18(28)23-19(29-17)25-11-5-2-8-22-25;20-16-4-3-8-24(16)19(27)28-14-11-13(21)6-5-12(14)10-15-17(26)23-18(29-15)25-9-2-1-7-22-25;20-13-6-5-12(14(11-13)28-19(27)23-8-3-4-16(23)25)10-15-17(26)22-18(29-15)24-9-2-1-7-21-24;20-14-6-5-13(15(12-14)27-19(26)23-8-3-4-9-23)11-16-17(25)22-18(28-16)24-10-2-1-7-21-24;1-21(2)17(23)24-13-10-12(18)6-5-11(13)9-14-15(25)20-16(26-14)22-8-4-3-7-19-22;;;;/h6-7,12-13,22H,1-5,8-11H2;4-6,10-11,22H,1-3,7-9H2;5-6,10-11,21H,1-4,7-9H2;5-7,11-12H,1-4,8-10H2;5-6,9-10,19H,3-4,7-8H2,1-2H3;4*1H4/b17-12-;2*15-10+;16-11+;14-9-;;;;. The zero-order valence-corrected chi connectivity index (χ0v) is 83.0. The number of hydrazine groups is 4. The molecule has 19 rings (SSSR count). The Bertz CT molecular complexity index is 5960. The van der Waals surface area contributed by atoms with Crippen molar-refractivity contribution in [2.24, 2.45) is 30.1 Å². The number of ether oxygens (including phenoxy) is 5. The monoisotopic (exact) mass is 2150 g/mol. The maximum atomic E-state index is 13.8. The van der Waals surface area contributed by atoms with Crippen LogP contribution in [0.5, 0.6) is 28.7 Å². The van der Waals surface area contributed by atoms with Crippen LogP contribution in [0.3, 0.4) is 0 Å². The molecule has 34 nitrogen and oxygen atoms in total. The highest BCUT2D eigenvalue weighted by atomic mass is 35.5. The number of imide groups is 1. The number of carbonyl (C=O) groups excluding carboxylic acids is 9. The lowest BCUT2D eigenvalue weighted by molar-refractivity contribution is -0.125. The van der Waals surface area contributed by atoms with E-state index in [0.717, 1.165) is 192 Å². The molecule has 14 aliphatic heterocycles. The number of thioether (sulfide) groups is 5. The summed E-state index contributed by atoms with van der Waals surface area (Å²) >= 11 is 23.3. The Balaban J connectivity index is 0.000000172. The van der Waals surface area contributed by atoms with Gasteiger partial charge in [-0.25, -0.2) is 87.5 Å². The maximum absolute atomic E-state index is 13.8. The largest absolute Gasteiger partial charge is 0.422 e. The van der Waals surface area contributed by atoms with Crippen LogP contribution in [-0.4, -0.2) is 258 Å². The van der Waals surface area contributed by atoms with E-state index in [1.165, 1.54) is 135 Å². The Morgan fingerprint density at radius 3 is 1.03 bits per heavy atom. The summed E-state index contributed by atoms with van der Waals surface area (Å²) in [4.78, 5) is 141. The first kappa shape index (κ1) is 114. The van der Waals surface area contributed by atoms with Gasteiger partial charge in [0.15, 0.2) is 25.8 Å². The second-order valence-corrected chi connectivity index (χ2v) is 39.4. The number of halogens is 6. The molecule has 0 bridgehead atoms. The number of hydrogen-bond donors (Lipinski definition) is 4. The number of likely N-dealkylation sites (tertiary alicyclic amines) is 3. The molecule has 0 radical (unpaired) electrons. The molecule has 4 N–H and O–H groups in total. The normalized spacial score (nSPS) is 20.1. The zero-order chi connectivity index (χ0) is 99.2. The van der Waals surface area contributed by atoms with Crippen LogP contribution in [0.15, 0.2) is 157 Å². The maximum Gasteiger partial charge on any atom is 0.422 e. The van der Waals surface area contributed by atoms with Crippen LogP contribution >= 0.6 is 94.8 Å². The van der Waals surface area contributed by atoms with Gasteiger partial charge in [0.1, 0.15) is 73.0 Å². The molecule has 5 aromatic rings. The van der Waals surface area contributed by atoms with Crippen LogP contribution < -0.4 is 45.4 Å². The van der Waals surface area contributed by atoms with Crippen molar-refractivity contribution in [3.63, 3.8) is 0 Å². The molecule has 0 spiro atoms. The fourth-order valence-corrected chi connectivity index (χ4v) is 20.7. The Hall–Kier alpha value is -11.7. The summed E-state index contributed by atoms with van der Waals surface area (Å²) in [6.45, 7) is 10.8. The van der Waals surface area contributed by atoms with Gasteiger partial charge in [-0.05, 0) is 265 Å². The Morgan fingerprint density at radius 1 is 0.372 bits per heavy atom. The molecule has 14 heterocycles. The highest BCUT2D eigenvalue weighted by Gasteiger charge is 2.36. The van der Waals surface area contributed by atoms with E-state index in [9.17, 15) is 65.1 Å². The number of benzene rings is 5. The van der Waals surface area contributed by atoms with Crippen LogP contribution in [0.2, 0.25) is 0 Å². The molecule has 7 saturated heterocycles. The third-order valence-electron chi connectivity index (χ3n) is 22.6. The lowest BCUT2D eigenvalue weighted by Crippen LogP contribution is -2.45. The molecule has 9 amide bonds. The molecule has 774 valence electrons. The lowest BCUT2D eigenvalue weighted by atomic mass is 10.1. The first-order valence-corrected chi connectivity index (χ1v) is 51.1. The number of nitrogens with zero attached hydrogens (tertiary/aromatic N) is 16. The van der Waals surface area contributed by atoms with Crippen molar-refractivity contribution in [3.05, 3.63) is 184 Å². The number of amides is 9. The van der Waals surface area contributed by atoms with Crippen molar-refractivity contribution in [2.75, 3.05) is 112 Å². The van der Waals surface area contributed by atoms with Crippen molar-refractivity contribution >= 4 is 221 Å². The van der Waals surface area contributed by atoms with E-state index in [2.05, 4.69) is 51.8 Å². The topological polar surface area (TPSA) is 354 Å². The van der Waals surface area contributed by atoms with Crippen molar-refractivity contribution in [3.8, 4) is 28.7 Å². The number of thiocarbonyl (C=S) groups is 2. The molecular formula is C98H114ClF5N20O14S7. The lowest BCUT2D eigenvalue weighted by Gasteiger charge is -2.28. The van der Waals surface area contributed by atoms with Crippen LogP contribution in [0.25, 0.3) is 30.4 Å².